The normalized spacial score (nSPS) is 13.1. The van der Waals surface area contributed by atoms with Gasteiger partial charge in [0.2, 0.25) is 0 Å². The first-order valence-corrected chi connectivity index (χ1v) is 8.42. The molecule has 1 rings (SSSR count). The Kier molecular flexibility index (Phi) is 6.21. The highest BCUT2D eigenvalue weighted by atomic mass is 16.1. The smallest absolute Gasteiger partial charge is 0.163 e. The summed E-state index contributed by atoms with van der Waals surface area (Å²) in [7, 11) is 2.08. The van der Waals surface area contributed by atoms with E-state index >= 15 is 0 Å². The van der Waals surface area contributed by atoms with Crippen LogP contribution in [-0.2, 0) is 0 Å². The molecular formula is C21H33NO. The van der Waals surface area contributed by atoms with Crippen LogP contribution in [0.15, 0.2) is 35.9 Å². The molecule has 128 valence electrons. The van der Waals surface area contributed by atoms with Gasteiger partial charge in [-0.2, -0.15) is 0 Å². The van der Waals surface area contributed by atoms with Crippen LogP contribution in [0.2, 0.25) is 0 Å². The van der Waals surface area contributed by atoms with Crippen LogP contribution in [0.25, 0.3) is 0 Å². The molecule has 0 saturated carbocycles. The van der Waals surface area contributed by atoms with Crippen LogP contribution in [-0.4, -0.2) is 19.4 Å². The van der Waals surface area contributed by atoms with Gasteiger partial charge in [0.25, 0.3) is 0 Å². The van der Waals surface area contributed by atoms with Crippen LogP contribution in [0.3, 0.4) is 0 Å². The Morgan fingerprint density at radius 1 is 1.04 bits per heavy atom. The number of carbonyl (C=O) groups is 1. The van der Waals surface area contributed by atoms with Crippen molar-refractivity contribution in [2.75, 3.05) is 18.5 Å². The van der Waals surface area contributed by atoms with Gasteiger partial charge >= 0.3 is 0 Å². The highest BCUT2D eigenvalue weighted by Gasteiger charge is 2.17. The maximum atomic E-state index is 12.2. The van der Waals surface area contributed by atoms with E-state index in [9.17, 15) is 4.79 Å². The number of carbonyl (C=O) groups excluding carboxylic acids is 1. The largest absolute Gasteiger partial charge is 0.371 e. The third-order valence-corrected chi connectivity index (χ3v) is 4.18. The molecule has 0 saturated heterocycles. The van der Waals surface area contributed by atoms with Gasteiger partial charge < -0.3 is 4.90 Å². The lowest BCUT2D eigenvalue weighted by atomic mass is 9.87. The quantitative estimate of drug-likeness (QED) is 0.510. The number of anilines is 1. The summed E-state index contributed by atoms with van der Waals surface area (Å²) in [5.41, 5.74) is 3.57. The van der Waals surface area contributed by atoms with E-state index in [0.29, 0.717) is 6.42 Å². The van der Waals surface area contributed by atoms with E-state index in [-0.39, 0.29) is 16.6 Å². The zero-order valence-electron chi connectivity index (χ0n) is 16.2. The first-order valence-electron chi connectivity index (χ1n) is 8.42. The molecule has 0 radical (unpaired) electrons. The molecule has 0 spiro atoms. The third kappa shape index (κ3) is 6.60. The summed E-state index contributed by atoms with van der Waals surface area (Å²) in [6, 6.07) is 7.97. The van der Waals surface area contributed by atoms with Crippen LogP contribution in [0.1, 0.15) is 65.2 Å². The van der Waals surface area contributed by atoms with E-state index in [0.717, 1.165) is 17.8 Å². The highest BCUT2D eigenvalue weighted by molar-refractivity contribution is 5.96. The van der Waals surface area contributed by atoms with Crippen LogP contribution in [0, 0.1) is 10.8 Å². The van der Waals surface area contributed by atoms with Crippen molar-refractivity contribution in [3.05, 3.63) is 41.5 Å². The van der Waals surface area contributed by atoms with Gasteiger partial charge in [-0.3, -0.25) is 4.79 Å². The molecule has 23 heavy (non-hydrogen) atoms. The average molecular weight is 316 g/mol. The summed E-state index contributed by atoms with van der Waals surface area (Å²) in [4.78, 5) is 14.4. The second-order valence-electron chi connectivity index (χ2n) is 8.73. The third-order valence-electron chi connectivity index (χ3n) is 4.18. The average Bonchev–Trinajstić information content (AvgIpc) is 2.41. The van der Waals surface area contributed by atoms with Gasteiger partial charge in [-0.1, -0.05) is 53.2 Å². The van der Waals surface area contributed by atoms with Gasteiger partial charge in [-0.05, 0) is 42.0 Å². The molecule has 0 bridgehead atoms. The molecule has 2 nitrogen and oxygen atoms in total. The predicted octanol–water partition coefficient (Wildman–Crippen LogP) is 5.73. The Bertz CT molecular complexity index is 553. The maximum absolute atomic E-state index is 12.2. The first-order chi connectivity index (χ1) is 10.4. The Balaban J connectivity index is 2.75. The minimum absolute atomic E-state index is 0.0296. The number of benzene rings is 1. The van der Waals surface area contributed by atoms with Gasteiger partial charge in [0.05, 0.1) is 0 Å². The van der Waals surface area contributed by atoms with Gasteiger partial charge in [-0.25, -0.2) is 0 Å². The van der Waals surface area contributed by atoms with Crippen molar-refractivity contribution in [3.8, 4) is 0 Å². The van der Waals surface area contributed by atoms with Crippen LogP contribution >= 0.6 is 0 Å². The first kappa shape index (κ1) is 19.5. The number of allylic oxidation sites excluding steroid dienone is 1. The fraction of sp³-hybridized carbons (Fsp3) is 0.571. The van der Waals surface area contributed by atoms with E-state index in [1.54, 1.807) is 0 Å². The number of nitrogens with zero attached hydrogens (tertiary/aromatic N) is 1. The van der Waals surface area contributed by atoms with Gasteiger partial charge in [0, 0.05) is 31.3 Å². The lowest BCUT2D eigenvalue weighted by Crippen LogP contribution is -2.19. The molecule has 2 heteroatoms. The van der Waals surface area contributed by atoms with Gasteiger partial charge in [-0.15, -0.1) is 0 Å². The molecule has 0 atom stereocenters. The van der Waals surface area contributed by atoms with Crippen molar-refractivity contribution >= 4 is 11.5 Å². The van der Waals surface area contributed by atoms with Crippen LogP contribution in [0.5, 0.6) is 0 Å². The van der Waals surface area contributed by atoms with Gasteiger partial charge in [0.1, 0.15) is 0 Å². The van der Waals surface area contributed by atoms with Crippen LogP contribution in [0.4, 0.5) is 5.69 Å². The SMILES string of the molecule is C/C(=C/CN(C)c1ccc(C(=O)CC(C)(C)C)cc1)C(C)(C)C. The van der Waals surface area contributed by atoms with E-state index in [2.05, 4.69) is 66.5 Å². The number of rotatable bonds is 5. The molecular weight excluding hydrogens is 282 g/mol. The number of hydrogen-bond donors (Lipinski definition) is 0. The van der Waals surface area contributed by atoms with E-state index < -0.39 is 0 Å². The lowest BCUT2D eigenvalue weighted by molar-refractivity contribution is 0.0940. The topological polar surface area (TPSA) is 20.3 Å². The maximum Gasteiger partial charge on any atom is 0.163 e. The molecule has 0 aliphatic carbocycles. The number of ketones is 1. The molecule has 0 unspecified atom stereocenters. The zero-order chi connectivity index (χ0) is 17.8. The van der Waals surface area contributed by atoms with E-state index in [1.165, 1.54) is 5.57 Å². The molecule has 1 aromatic carbocycles. The monoisotopic (exact) mass is 315 g/mol. The Morgan fingerprint density at radius 3 is 2.00 bits per heavy atom. The molecule has 0 heterocycles. The highest BCUT2D eigenvalue weighted by Crippen LogP contribution is 2.25. The summed E-state index contributed by atoms with van der Waals surface area (Å²) in [5, 5.41) is 0. The summed E-state index contributed by atoms with van der Waals surface area (Å²) < 4.78 is 0. The minimum Gasteiger partial charge on any atom is -0.371 e. The van der Waals surface area contributed by atoms with Crippen molar-refractivity contribution in [2.24, 2.45) is 10.8 Å². The molecule has 0 aliphatic heterocycles. The van der Waals surface area contributed by atoms with Crippen molar-refractivity contribution in [1.29, 1.82) is 0 Å². The molecule has 0 fully saturated rings. The second-order valence-corrected chi connectivity index (χ2v) is 8.73. The van der Waals surface area contributed by atoms with Crippen molar-refractivity contribution in [3.63, 3.8) is 0 Å². The Labute approximate surface area is 142 Å². The molecule has 1 aromatic rings. The van der Waals surface area contributed by atoms with Crippen molar-refractivity contribution in [1.82, 2.24) is 0 Å². The van der Waals surface area contributed by atoms with Crippen molar-refractivity contribution in [2.45, 2.75) is 54.9 Å². The molecule has 0 N–H and O–H groups in total. The van der Waals surface area contributed by atoms with Crippen molar-refractivity contribution < 1.29 is 4.79 Å². The fourth-order valence-electron chi connectivity index (χ4n) is 2.17. The standard InChI is InChI=1S/C21H33NO/c1-16(21(5,6)7)13-14-22(8)18-11-9-17(10-12-18)19(23)15-20(2,3)4/h9-13H,14-15H2,1-8H3/b16-13-. The fourth-order valence-corrected chi connectivity index (χ4v) is 2.17. The van der Waals surface area contributed by atoms with E-state index in [4.69, 9.17) is 0 Å². The number of hydrogen-bond acceptors (Lipinski definition) is 2. The summed E-state index contributed by atoms with van der Waals surface area (Å²) in [5.74, 6) is 0.218. The van der Waals surface area contributed by atoms with E-state index in [1.807, 2.05) is 24.3 Å². The second kappa shape index (κ2) is 7.33. The molecule has 0 aromatic heterocycles. The number of Topliss-reactive ketones (excluding diaryl/α,β-unsaturated/α-hetero) is 1. The summed E-state index contributed by atoms with van der Waals surface area (Å²) in [6.07, 6.45) is 2.86. The van der Waals surface area contributed by atoms with Gasteiger partial charge in [0.15, 0.2) is 5.78 Å². The Hall–Kier alpha value is -1.57. The number of likely N-dealkylation sites (N-methyl/N-ethyl adjacent to an activating group) is 1. The van der Waals surface area contributed by atoms with Crippen LogP contribution < -0.4 is 4.90 Å². The molecule has 0 aliphatic rings. The lowest BCUT2D eigenvalue weighted by Gasteiger charge is -2.23. The molecule has 0 amide bonds. The summed E-state index contributed by atoms with van der Waals surface area (Å²) in [6.45, 7) is 16.0. The minimum atomic E-state index is 0.0296. The summed E-state index contributed by atoms with van der Waals surface area (Å²) >= 11 is 0. The Morgan fingerprint density at radius 2 is 1.57 bits per heavy atom. The predicted molar refractivity (Wildman–Crippen MR) is 101 cm³/mol. The zero-order valence-corrected chi connectivity index (χ0v) is 16.2.